The molecule has 0 aromatic heterocycles. The van der Waals surface area contributed by atoms with Crippen molar-refractivity contribution in [3.05, 3.63) is 0 Å². The molecule has 2 atom stereocenters. The number of carbonyl (C=O) groups excluding carboxylic acids is 1. The third-order valence-corrected chi connectivity index (χ3v) is 4.26. The van der Waals surface area contributed by atoms with Crippen LogP contribution in [0.4, 0.5) is 0 Å². The molecule has 2 aliphatic heterocycles. The van der Waals surface area contributed by atoms with Crippen LogP contribution in [0.1, 0.15) is 32.1 Å². The molecule has 0 radical (unpaired) electrons. The molecule has 4 nitrogen and oxygen atoms in total. The topological polar surface area (TPSA) is 44.4 Å². The van der Waals surface area contributed by atoms with Gasteiger partial charge in [0.05, 0.1) is 5.92 Å². The molecule has 2 N–H and O–H groups in total. The first-order chi connectivity index (χ1) is 8.34. The third kappa shape index (κ3) is 2.63. The molecule has 2 unspecified atom stereocenters. The second-order valence-electron chi connectivity index (χ2n) is 5.70. The zero-order valence-corrected chi connectivity index (χ0v) is 10.5. The van der Waals surface area contributed by atoms with Crippen molar-refractivity contribution in [3.8, 4) is 0 Å². The number of rotatable bonds is 4. The quantitative estimate of drug-likeness (QED) is 0.741. The van der Waals surface area contributed by atoms with E-state index in [9.17, 15) is 4.79 Å². The van der Waals surface area contributed by atoms with Crippen LogP contribution >= 0.6 is 0 Å². The van der Waals surface area contributed by atoms with Crippen molar-refractivity contribution < 1.29 is 4.79 Å². The Hall–Kier alpha value is -0.610. The summed E-state index contributed by atoms with van der Waals surface area (Å²) in [5.41, 5.74) is 0. The monoisotopic (exact) mass is 237 g/mol. The second kappa shape index (κ2) is 4.94. The van der Waals surface area contributed by atoms with Gasteiger partial charge in [0.15, 0.2) is 0 Å². The maximum Gasteiger partial charge on any atom is 0.227 e. The normalized spacial score (nSPS) is 32.9. The molecule has 0 spiro atoms. The number of carbonyl (C=O) groups is 1. The van der Waals surface area contributed by atoms with E-state index >= 15 is 0 Å². The Morgan fingerprint density at radius 2 is 2.06 bits per heavy atom. The molecule has 0 bridgehead atoms. The van der Waals surface area contributed by atoms with Crippen molar-refractivity contribution in [2.75, 3.05) is 26.2 Å². The highest BCUT2D eigenvalue weighted by atomic mass is 16.2. The number of hydrogen-bond acceptors (Lipinski definition) is 3. The molecule has 2 heterocycles. The van der Waals surface area contributed by atoms with Gasteiger partial charge in [0.2, 0.25) is 5.91 Å². The lowest BCUT2D eigenvalue weighted by atomic mass is 10.1. The SMILES string of the molecule is O=C(C1CCNC1)N(CC1CCCN1)C1CC1. The summed E-state index contributed by atoms with van der Waals surface area (Å²) >= 11 is 0. The molecule has 4 heteroatoms. The maximum absolute atomic E-state index is 12.5. The van der Waals surface area contributed by atoms with E-state index in [0.717, 1.165) is 32.6 Å². The van der Waals surface area contributed by atoms with Gasteiger partial charge in [0, 0.05) is 25.2 Å². The average molecular weight is 237 g/mol. The van der Waals surface area contributed by atoms with Crippen molar-refractivity contribution >= 4 is 5.91 Å². The molecule has 1 amide bonds. The van der Waals surface area contributed by atoms with Gasteiger partial charge in [-0.25, -0.2) is 0 Å². The Bertz CT molecular complexity index is 278. The minimum atomic E-state index is 0.247. The summed E-state index contributed by atoms with van der Waals surface area (Å²) in [5, 5.41) is 6.80. The first kappa shape index (κ1) is 11.5. The number of amides is 1. The van der Waals surface area contributed by atoms with Crippen LogP contribution in [0.5, 0.6) is 0 Å². The van der Waals surface area contributed by atoms with Crippen molar-refractivity contribution in [1.29, 1.82) is 0 Å². The van der Waals surface area contributed by atoms with E-state index in [1.807, 2.05) is 0 Å². The largest absolute Gasteiger partial charge is 0.338 e. The Morgan fingerprint density at radius 1 is 1.18 bits per heavy atom. The predicted octanol–water partition coefficient (Wildman–Crippen LogP) is 0.339. The summed E-state index contributed by atoms with van der Waals surface area (Å²) in [5.74, 6) is 0.656. The highest BCUT2D eigenvalue weighted by Gasteiger charge is 2.37. The fourth-order valence-electron chi connectivity index (χ4n) is 3.06. The van der Waals surface area contributed by atoms with Gasteiger partial charge < -0.3 is 15.5 Å². The molecular formula is C13H23N3O. The van der Waals surface area contributed by atoms with E-state index in [2.05, 4.69) is 15.5 Å². The Labute approximate surface area is 103 Å². The van der Waals surface area contributed by atoms with Gasteiger partial charge in [-0.15, -0.1) is 0 Å². The molecule has 3 aliphatic rings. The van der Waals surface area contributed by atoms with Gasteiger partial charge >= 0.3 is 0 Å². The van der Waals surface area contributed by atoms with E-state index in [1.54, 1.807) is 0 Å². The summed E-state index contributed by atoms with van der Waals surface area (Å²) < 4.78 is 0. The summed E-state index contributed by atoms with van der Waals surface area (Å²) in [7, 11) is 0. The van der Waals surface area contributed by atoms with Crippen molar-refractivity contribution in [2.45, 2.75) is 44.2 Å². The highest BCUT2D eigenvalue weighted by Crippen LogP contribution is 2.30. The fourth-order valence-corrected chi connectivity index (χ4v) is 3.06. The molecule has 96 valence electrons. The zero-order chi connectivity index (χ0) is 11.7. The van der Waals surface area contributed by atoms with Crippen LogP contribution in [0.3, 0.4) is 0 Å². The van der Waals surface area contributed by atoms with Gasteiger partial charge in [-0.05, 0) is 45.2 Å². The highest BCUT2D eigenvalue weighted by molar-refractivity contribution is 5.80. The lowest BCUT2D eigenvalue weighted by molar-refractivity contribution is -0.135. The molecule has 1 saturated carbocycles. The summed E-state index contributed by atoms with van der Waals surface area (Å²) in [4.78, 5) is 14.7. The second-order valence-corrected chi connectivity index (χ2v) is 5.70. The number of nitrogens with one attached hydrogen (secondary N) is 2. The molecule has 17 heavy (non-hydrogen) atoms. The van der Waals surface area contributed by atoms with Gasteiger partial charge in [-0.2, -0.15) is 0 Å². The van der Waals surface area contributed by atoms with Crippen LogP contribution in [-0.2, 0) is 4.79 Å². The van der Waals surface area contributed by atoms with E-state index in [0.29, 0.717) is 18.0 Å². The Kier molecular flexibility index (Phi) is 3.34. The minimum Gasteiger partial charge on any atom is -0.338 e. The van der Waals surface area contributed by atoms with Gasteiger partial charge in [-0.1, -0.05) is 0 Å². The van der Waals surface area contributed by atoms with Crippen LogP contribution in [0.15, 0.2) is 0 Å². The number of hydrogen-bond donors (Lipinski definition) is 2. The Balaban J connectivity index is 1.60. The van der Waals surface area contributed by atoms with Gasteiger partial charge in [-0.3, -0.25) is 4.79 Å². The minimum absolute atomic E-state index is 0.247. The molecule has 3 rings (SSSR count). The number of nitrogens with zero attached hydrogens (tertiary/aromatic N) is 1. The third-order valence-electron chi connectivity index (χ3n) is 4.26. The smallest absolute Gasteiger partial charge is 0.227 e. The fraction of sp³-hybridized carbons (Fsp3) is 0.923. The van der Waals surface area contributed by atoms with E-state index in [1.165, 1.54) is 25.7 Å². The molecular weight excluding hydrogens is 214 g/mol. The first-order valence-electron chi connectivity index (χ1n) is 7.09. The lowest BCUT2D eigenvalue weighted by Gasteiger charge is -2.28. The van der Waals surface area contributed by atoms with E-state index in [-0.39, 0.29) is 5.92 Å². The van der Waals surface area contributed by atoms with Crippen LogP contribution in [0, 0.1) is 5.92 Å². The van der Waals surface area contributed by atoms with Crippen molar-refractivity contribution in [3.63, 3.8) is 0 Å². The van der Waals surface area contributed by atoms with Crippen molar-refractivity contribution in [1.82, 2.24) is 15.5 Å². The summed E-state index contributed by atoms with van der Waals surface area (Å²) in [6.07, 6.45) is 5.97. The standard InChI is InChI=1S/C13H23N3O/c17-13(10-5-7-14-8-10)16(12-3-4-12)9-11-2-1-6-15-11/h10-12,14-15H,1-9H2. The molecule has 1 aliphatic carbocycles. The van der Waals surface area contributed by atoms with Gasteiger partial charge in [0.1, 0.15) is 0 Å². The maximum atomic E-state index is 12.5. The van der Waals surface area contributed by atoms with Crippen LogP contribution < -0.4 is 10.6 Å². The molecule has 2 saturated heterocycles. The van der Waals surface area contributed by atoms with E-state index in [4.69, 9.17) is 0 Å². The summed E-state index contributed by atoms with van der Waals surface area (Å²) in [6, 6.07) is 1.11. The molecule has 0 aromatic carbocycles. The zero-order valence-electron chi connectivity index (χ0n) is 10.5. The summed E-state index contributed by atoms with van der Waals surface area (Å²) in [6.45, 7) is 3.97. The van der Waals surface area contributed by atoms with Crippen LogP contribution in [0.25, 0.3) is 0 Å². The average Bonchev–Trinajstić information content (AvgIpc) is 2.86. The molecule has 3 fully saturated rings. The lowest BCUT2D eigenvalue weighted by Crippen LogP contribution is -2.45. The molecule has 0 aromatic rings. The first-order valence-corrected chi connectivity index (χ1v) is 7.09. The Morgan fingerprint density at radius 3 is 2.65 bits per heavy atom. The predicted molar refractivity (Wildman–Crippen MR) is 66.7 cm³/mol. The van der Waals surface area contributed by atoms with Crippen molar-refractivity contribution in [2.24, 2.45) is 5.92 Å². The van der Waals surface area contributed by atoms with Crippen LogP contribution in [0.2, 0.25) is 0 Å². The van der Waals surface area contributed by atoms with E-state index < -0.39 is 0 Å². The van der Waals surface area contributed by atoms with Crippen LogP contribution in [-0.4, -0.2) is 49.1 Å². The van der Waals surface area contributed by atoms with Gasteiger partial charge in [0.25, 0.3) is 0 Å².